The van der Waals surface area contributed by atoms with Crippen LogP contribution in [0.25, 0.3) is 5.57 Å². The first-order chi connectivity index (χ1) is 11.5. The minimum absolute atomic E-state index is 0.147. The van der Waals surface area contributed by atoms with Gasteiger partial charge in [0.1, 0.15) is 11.5 Å². The van der Waals surface area contributed by atoms with Crippen molar-refractivity contribution in [1.29, 1.82) is 0 Å². The fraction of sp³-hybridized carbons (Fsp3) is 0.571. The quantitative estimate of drug-likeness (QED) is 0.456. The summed E-state index contributed by atoms with van der Waals surface area (Å²) >= 11 is 0. The highest BCUT2D eigenvalue weighted by molar-refractivity contribution is 6.01. The minimum Gasteiger partial charge on any atom is -0.507 e. The molecule has 0 bridgehead atoms. The molecule has 2 aliphatic rings. The standard InChI is InChI=1S/C21H28O3/c1-4-5-6-9-15-12-17(22)19-16-10-7-8-11-21(16,14(2)3)20(23)24-18(19)13-15/h10,12-14,22H,4-9,11H2,1-3H3/t21-/m0/s1. The number of allylic oxidation sites excluding steroid dienone is 1. The van der Waals surface area contributed by atoms with Crippen molar-refractivity contribution in [2.24, 2.45) is 11.3 Å². The van der Waals surface area contributed by atoms with Gasteiger partial charge >= 0.3 is 5.97 Å². The first-order valence-corrected chi connectivity index (χ1v) is 9.30. The van der Waals surface area contributed by atoms with E-state index < -0.39 is 5.41 Å². The number of esters is 1. The van der Waals surface area contributed by atoms with Crippen molar-refractivity contribution in [3.8, 4) is 11.5 Å². The van der Waals surface area contributed by atoms with E-state index in [-0.39, 0.29) is 17.6 Å². The molecule has 0 saturated heterocycles. The van der Waals surface area contributed by atoms with Crippen LogP contribution in [0.15, 0.2) is 18.2 Å². The van der Waals surface area contributed by atoms with E-state index >= 15 is 0 Å². The molecule has 0 radical (unpaired) electrons. The summed E-state index contributed by atoms with van der Waals surface area (Å²) in [6, 6.07) is 3.80. The van der Waals surface area contributed by atoms with E-state index in [4.69, 9.17) is 4.74 Å². The molecule has 0 saturated carbocycles. The summed E-state index contributed by atoms with van der Waals surface area (Å²) in [4.78, 5) is 12.9. The first kappa shape index (κ1) is 17.1. The van der Waals surface area contributed by atoms with E-state index in [1.807, 2.05) is 12.1 Å². The Kier molecular flexibility index (Phi) is 4.71. The van der Waals surface area contributed by atoms with Gasteiger partial charge in [0.15, 0.2) is 0 Å². The maximum atomic E-state index is 12.9. The number of phenols is 1. The minimum atomic E-state index is -0.605. The number of carbonyl (C=O) groups is 1. The van der Waals surface area contributed by atoms with E-state index in [0.717, 1.165) is 55.2 Å². The summed E-state index contributed by atoms with van der Waals surface area (Å²) in [6.07, 6.45) is 9.19. The van der Waals surface area contributed by atoms with E-state index in [1.165, 1.54) is 6.42 Å². The number of ether oxygens (including phenoxy) is 1. The summed E-state index contributed by atoms with van der Waals surface area (Å²) in [5, 5.41) is 10.7. The Labute approximate surface area is 144 Å². The molecular weight excluding hydrogens is 300 g/mol. The Hall–Kier alpha value is -1.77. The molecule has 0 spiro atoms. The molecule has 0 unspecified atom stereocenters. The lowest BCUT2D eigenvalue weighted by atomic mass is 9.62. The van der Waals surface area contributed by atoms with E-state index in [2.05, 4.69) is 26.8 Å². The highest BCUT2D eigenvalue weighted by Crippen LogP contribution is 2.56. The molecule has 1 aliphatic heterocycles. The Morgan fingerprint density at radius 2 is 2.08 bits per heavy atom. The van der Waals surface area contributed by atoms with Crippen molar-refractivity contribution in [3.05, 3.63) is 29.3 Å². The number of aromatic hydroxyl groups is 1. The average Bonchev–Trinajstić information content (AvgIpc) is 2.54. The highest BCUT2D eigenvalue weighted by atomic mass is 16.5. The van der Waals surface area contributed by atoms with Gasteiger partial charge < -0.3 is 9.84 Å². The predicted octanol–water partition coefficient (Wildman–Crippen LogP) is 5.25. The van der Waals surface area contributed by atoms with E-state index in [1.54, 1.807) is 0 Å². The molecule has 3 heteroatoms. The van der Waals surface area contributed by atoms with Crippen molar-refractivity contribution in [1.82, 2.24) is 0 Å². The van der Waals surface area contributed by atoms with Crippen LogP contribution in [-0.2, 0) is 11.2 Å². The number of hydrogen-bond donors (Lipinski definition) is 1. The molecule has 1 aliphatic carbocycles. The number of carbonyl (C=O) groups excluding carboxylic acids is 1. The van der Waals surface area contributed by atoms with Gasteiger partial charge in [-0.15, -0.1) is 0 Å². The van der Waals surface area contributed by atoms with E-state index in [9.17, 15) is 9.90 Å². The van der Waals surface area contributed by atoms with Gasteiger partial charge in [0.05, 0.1) is 11.0 Å². The summed E-state index contributed by atoms with van der Waals surface area (Å²) in [6.45, 7) is 6.32. The largest absolute Gasteiger partial charge is 0.507 e. The van der Waals surface area contributed by atoms with Crippen LogP contribution in [0.2, 0.25) is 0 Å². The second kappa shape index (κ2) is 6.62. The van der Waals surface area contributed by atoms with Crippen molar-refractivity contribution in [3.63, 3.8) is 0 Å². The number of fused-ring (bicyclic) bond motifs is 3. The molecule has 130 valence electrons. The number of hydrogen-bond acceptors (Lipinski definition) is 3. The average molecular weight is 328 g/mol. The highest BCUT2D eigenvalue weighted by Gasteiger charge is 2.51. The summed E-state index contributed by atoms with van der Waals surface area (Å²) in [7, 11) is 0. The Bertz CT molecular complexity index is 672. The molecule has 0 aromatic heterocycles. The van der Waals surface area contributed by atoms with Gasteiger partial charge in [-0.3, -0.25) is 4.79 Å². The van der Waals surface area contributed by atoms with Gasteiger partial charge in [-0.1, -0.05) is 39.7 Å². The maximum Gasteiger partial charge on any atom is 0.322 e. The van der Waals surface area contributed by atoms with Crippen LogP contribution in [0.3, 0.4) is 0 Å². The molecule has 1 atom stereocenters. The van der Waals surface area contributed by atoms with Gasteiger partial charge in [-0.25, -0.2) is 0 Å². The van der Waals surface area contributed by atoms with Crippen LogP contribution < -0.4 is 4.74 Å². The van der Waals surface area contributed by atoms with Crippen LogP contribution >= 0.6 is 0 Å². The molecule has 3 rings (SSSR count). The molecule has 1 N–H and O–H groups in total. The number of benzene rings is 1. The second-order valence-electron chi connectivity index (χ2n) is 7.47. The molecule has 0 amide bonds. The van der Waals surface area contributed by atoms with Crippen LogP contribution in [0.5, 0.6) is 11.5 Å². The third kappa shape index (κ3) is 2.64. The topological polar surface area (TPSA) is 46.5 Å². The van der Waals surface area contributed by atoms with Crippen LogP contribution in [-0.4, -0.2) is 11.1 Å². The van der Waals surface area contributed by atoms with Gasteiger partial charge in [-0.05, 0) is 61.3 Å². The molecular formula is C21H28O3. The molecule has 1 aromatic rings. The molecule has 3 nitrogen and oxygen atoms in total. The fourth-order valence-electron chi connectivity index (χ4n) is 4.24. The Morgan fingerprint density at radius 3 is 2.79 bits per heavy atom. The monoisotopic (exact) mass is 328 g/mol. The van der Waals surface area contributed by atoms with Gasteiger partial charge in [0.25, 0.3) is 0 Å². The Morgan fingerprint density at radius 1 is 1.29 bits per heavy atom. The lowest BCUT2D eigenvalue weighted by Crippen LogP contribution is -2.44. The normalized spacial score (nSPS) is 22.7. The SMILES string of the molecule is CCCCCc1cc(O)c2c(c1)OC(=O)[C@]1(C(C)C)CCCC=C21. The van der Waals surface area contributed by atoms with Gasteiger partial charge in [-0.2, -0.15) is 0 Å². The number of rotatable bonds is 5. The molecule has 0 fully saturated rings. The third-order valence-electron chi connectivity index (χ3n) is 5.64. The molecule has 1 aromatic carbocycles. The fourth-order valence-corrected chi connectivity index (χ4v) is 4.24. The zero-order chi connectivity index (χ0) is 17.3. The molecule has 1 heterocycles. The van der Waals surface area contributed by atoms with Crippen LogP contribution in [0.4, 0.5) is 0 Å². The van der Waals surface area contributed by atoms with Crippen LogP contribution in [0.1, 0.15) is 70.4 Å². The summed E-state index contributed by atoms with van der Waals surface area (Å²) in [5.41, 5.74) is 2.16. The Balaban J connectivity index is 2.05. The summed E-state index contributed by atoms with van der Waals surface area (Å²) in [5.74, 6) is 0.787. The van der Waals surface area contributed by atoms with Crippen molar-refractivity contribution in [2.75, 3.05) is 0 Å². The van der Waals surface area contributed by atoms with Gasteiger partial charge in [0, 0.05) is 0 Å². The second-order valence-corrected chi connectivity index (χ2v) is 7.47. The molecule has 24 heavy (non-hydrogen) atoms. The lowest BCUT2D eigenvalue weighted by molar-refractivity contribution is -0.146. The first-order valence-electron chi connectivity index (χ1n) is 9.30. The number of aryl methyl sites for hydroxylation is 1. The smallest absolute Gasteiger partial charge is 0.322 e. The maximum absolute atomic E-state index is 12.9. The number of unbranched alkanes of at least 4 members (excludes halogenated alkanes) is 2. The summed E-state index contributed by atoms with van der Waals surface area (Å²) < 4.78 is 5.75. The zero-order valence-electron chi connectivity index (χ0n) is 15.0. The lowest BCUT2D eigenvalue weighted by Gasteiger charge is -2.43. The van der Waals surface area contributed by atoms with Crippen molar-refractivity contribution >= 4 is 11.5 Å². The zero-order valence-corrected chi connectivity index (χ0v) is 15.0. The van der Waals surface area contributed by atoms with E-state index in [0.29, 0.717) is 5.75 Å². The van der Waals surface area contributed by atoms with Crippen LogP contribution in [0, 0.1) is 11.3 Å². The predicted molar refractivity (Wildman–Crippen MR) is 96.1 cm³/mol. The van der Waals surface area contributed by atoms with Gasteiger partial charge in [0.2, 0.25) is 0 Å². The number of phenolic OH excluding ortho intramolecular Hbond substituents is 1. The van der Waals surface area contributed by atoms with Crippen molar-refractivity contribution < 1.29 is 14.6 Å². The van der Waals surface area contributed by atoms with Crippen molar-refractivity contribution in [2.45, 2.75) is 65.7 Å². The third-order valence-corrected chi connectivity index (χ3v) is 5.64.